The van der Waals surface area contributed by atoms with E-state index < -0.39 is 17.3 Å². The highest BCUT2D eigenvalue weighted by molar-refractivity contribution is 6.14. The average molecular weight is 484 g/mol. The van der Waals surface area contributed by atoms with Gasteiger partial charge in [0, 0.05) is 55.6 Å². The summed E-state index contributed by atoms with van der Waals surface area (Å²) < 4.78 is 19.9. The van der Waals surface area contributed by atoms with Crippen LogP contribution in [0.3, 0.4) is 0 Å². The maximum Gasteiger partial charge on any atom is 0.410 e. The summed E-state index contributed by atoms with van der Waals surface area (Å²) in [5, 5.41) is 24.1. The Morgan fingerprint density at radius 1 is 1.29 bits per heavy atom. The third-order valence-corrected chi connectivity index (χ3v) is 5.26. The molecule has 0 spiro atoms. The number of likely N-dealkylation sites (tertiary alicyclic amines) is 1. The number of ether oxygens (including phenoxy) is 1. The molecule has 186 valence electrons. The van der Waals surface area contributed by atoms with Crippen LogP contribution in [0.25, 0.3) is 0 Å². The lowest BCUT2D eigenvalue weighted by atomic mass is 10.0. The van der Waals surface area contributed by atoms with Crippen molar-refractivity contribution in [2.24, 2.45) is 4.99 Å². The number of carbonyl (C=O) groups excluding carboxylic acids is 2. The van der Waals surface area contributed by atoms with Gasteiger partial charge in [-0.1, -0.05) is 0 Å². The van der Waals surface area contributed by atoms with Gasteiger partial charge in [0.25, 0.3) is 5.91 Å². The Labute approximate surface area is 203 Å². The van der Waals surface area contributed by atoms with Crippen molar-refractivity contribution in [2.45, 2.75) is 45.3 Å². The zero-order chi connectivity index (χ0) is 25.6. The van der Waals surface area contributed by atoms with E-state index in [9.17, 15) is 14.0 Å². The molecule has 35 heavy (non-hydrogen) atoms. The number of nitrogens with zero attached hydrogens (tertiary/aromatic N) is 2. The van der Waals surface area contributed by atoms with Crippen LogP contribution >= 0.6 is 0 Å². The molecule has 2 amide bonds. The molecule has 0 unspecified atom stereocenters. The van der Waals surface area contributed by atoms with E-state index in [4.69, 9.17) is 15.6 Å². The minimum atomic E-state index is -0.763. The number of aliphatic imine (C=N–C) groups is 1. The summed E-state index contributed by atoms with van der Waals surface area (Å²) in [7, 11) is 0. The molecule has 1 saturated heterocycles. The first kappa shape index (κ1) is 25.6. The molecule has 0 bridgehead atoms. The molecule has 1 aliphatic carbocycles. The molecule has 3 rings (SSSR count). The van der Waals surface area contributed by atoms with Gasteiger partial charge in [0.1, 0.15) is 17.2 Å². The summed E-state index contributed by atoms with van der Waals surface area (Å²) in [5.74, 6) is -1.30. The number of amides is 2. The molecular weight excluding hydrogens is 453 g/mol. The van der Waals surface area contributed by atoms with Crippen molar-refractivity contribution in [2.75, 3.05) is 13.1 Å². The van der Waals surface area contributed by atoms with Crippen LogP contribution in [0.1, 0.15) is 33.6 Å². The van der Waals surface area contributed by atoms with Gasteiger partial charge in [-0.25, -0.2) is 14.2 Å². The first-order chi connectivity index (χ1) is 16.6. The molecule has 0 radical (unpaired) electrons. The zero-order valence-electron chi connectivity index (χ0n) is 19.9. The molecule has 2 heterocycles. The molecule has 0 aromatic rings. The number of piperidine rings is 1. The van der Waals surface area contributed by atoms with E-state index in [0.29, 0.717) is 31.5 Å². The molecule has 5 N–H and O–H groups in total. The normalized spacial score (nSPS) is 21.1. The summed E-state index contributed by atoms with van der Waals surface area (Å²) in [6.45, 7) is 6.55. The van der Waals surface area contributed by atoms with Crippen LogP contribution < -0.4 is 16.0 Å². The first-order valence-electron chi connectivity index (χ1n) is 11.2. The lowest BCUT2D eigenvalue weighted by Crippen LogP contribution is -2.45. The lowest BCUT2D eigenvalue weighted by Gasteiger charge is -2.33. The Bertz CT molecular complexity index is 1080. The Morgan fingerprint density at radius 3 is 2.60 bits per heavy atom. The van der Waals surface area contributed by atoms with Crippen LogP contribution in [0.4, 0.5) is 9.18 Å². The number of allylic oxidation sites excluding steroid dienone is 5. The van der Waals surface area contributed by atoms with Crippen LogP contribution in [-0.2, 0) is 9.53 Å². The number of halogens is 1. The molecule has 3 aliphatic rings. The quantitative estimate of drug-likeness (QED) is 0.302. The van der Waals surface area contributed by atoms with Crippen molar-refractivity contribution in [1.29, 1.82) is 10.8 Å². The minimum absolute atomic E-state index is 0.0477. The van der Waals surface area contributed by atoms with Crippen molar-refractivity contribution in [1.82, 2.24) is 20.9 Å². The molecule has 10 nitrogen and oxygen atoms in total. The fourth-order valence-corrected chi connectivity index (χ4v) is 3.47. The van der Waals surface area contributed by atoms with Crippen LogP contribution in [0.2, 0.25) is 0 Å². The first-order valence-corrected chi connectivity index (χ1v) is 11.2. The second-order valence-corrected chi connectivity index (χ2v) is 9.11. The zero-order valence-corrected chi connectivity index (χ0v) is 19.9. The van der Waals surface area contributed by atoms with Gasteiger partial charge in [0.05, 0.1) is 17.0 Å². The van der Waals surface area contributed by atoms with Crippen molar-refractivity contribution in [3.8, 4) is 0 Å². The highest BCUT2D eigenvalue weighted by Crippen LogP contribution is 2.21. The van der Waals surface area contributed by atoms with Crippen molar-refractivity contribution in [3.05, 3.63) is 59.1 Å². The molecule has 11 heteroatoms. The third-order valence-electron chi connectivity index (χ3n) is 5.26. The highest BCUT2D eigenvalue weighted by atomic mass is 19.1. The van der Waals surface area contributed by atoms with Crippen LogP contribution in [0, 0.1) is 10.8 Å². The number of rotatable bonds is 5. The maximum absolute atomic E-state index is 14.5. The van der Waals surface area contributed by atoms with E-state index >= 15 is 0 Å². The largest absolute Gasteiger partial charge is 0.444 e. The van der Waals surface area contributed by atoms with Gasteiger partial charge in [-0.2, -0.15) is 0 Å². The minimum Gasteiger partial charge on any atom is -0.444 e. The molecule has 0 aromatic heterocycles. The highest BCUT2D eigenvalue weighted by Gasteiger charge is 2.27. The van der Waals surface area contributed by atoms with Gasteiger partial charge in [0.2, 0.25) is 0 Å². The second-order valence-electron chi connectivity index (χ2n) is 9.11. The van der Waals surface area contributed by atoms with Gasteiger partial charge in [-0.3, -0.25) is 4.79 Å². The number of hydrogen-bond donors (Lipinski definition) is 5. The lowest BCUT2D eigenvalue weighted by molar-refractivity contribution is -0.116. The predicted octanol–water partition coefficient (Wildman–Crippen LogP) is 2.80. The Balaban J connectivity index is 1.63. The van der Waals surface area contributed by atoms with E-state index in [-0.39, 0.29) is 34.9 Å². The van der Waals surface area contributed by atoms with Gasteiger partial charge >= 0.3 is 6.09 Å². The Morgan fingerprint density at radius 2 is 2.00 bits per heavy atom. The van der Waals surface area contributed by atoms with E-state index in [2.05, 4.69) is 20.9 Å². The van der Waals surface area contributed by atoms with Gasteiger partial charge in [-0.05, 0) is 45.8 Å². The van der Waals surface area contributed by atoms with Crippen LogP contribution in [0.5, 0.6) is 0 Å². The van der Waals surface area contributed by atoms with E-state index in [1.165, 1.54) is 12.3 Å². The summed E-state index contributed by atoms with van der Waals surface area (Å²) in [5.41, 5.74) is -0.396. The third kappa shape index (κ3) is 6.98. The van der Waals surface area contributed by atoms with E-state index in [0.717, 1.165) is 12.3 Å². The number of nitrogens with one attached hydrogen (secondary N) is 5. The second kappa shape index (κ2) is 10.9. The van der Waals surface area contributed by atoms with Crippen molar-refractivity contribution >= 4 is 30.1 Å². The molecule has 0 aromatic carbocycles. The molecule has 0 saturated carbocycles. The van der Waals surface area contributed by atoms with Crippen LogP contribution in [-0.4, -0.2) is 59.8 Å². The average Bonchev–Trinajstić information content (AvgIpc) is 2.80. The van der Waals surface area contributed by atoms with Gasteiger partial charge in [-0.15, -0.1) is 0 Å². The number of carbonyl (C=O) groups is 2. The van der Waals surface area contributed by atoms with E-state index in [1.807, 2.05) is 20.8 Å². The summed E-state index contributed by atoms with van der Waals surface area (Å²) >= 11 is 0. The topological polar surface area (TPSA) is 143 Å². The number of hydrogen-bond acceptors (Lipinski definition) is 8. The molecule has 2 aliphatic heterocycles. The van der Waals surface area contributed by atoms with Gasteiger partial charge < -0.3 is 36.4 Å². The van der Waals surface area contributed by atoms with Crippen LogP contribution in [0.15, 0.2) is 64.1 Å². The van der Waals surface area contributed by atoms with Crippen molar-refractivity contribution in [3.63, 3.8) is 0 Å². The molecule has 0 atom stereocenters. The Hall–Kier alpha value is -4.02. The maximum atomic E-state index is 14.5. The SMILES string of the molecule is CC(C)(C)OC(=O)N1CCC(N/C=C2/C=C(NC(=O)/C(C=N)=C3\N=CC=CN3)C(F)=CC2=N)CC1. The fraction of sp³-hybridized carbons (Fsp3) is 0.375. The summed E-state index contributed by atoms with van der Waals surface area (Å²) in [6.07, 6.45) is 10.5. The predicted molar refractivity (Wildman–Crippen MR) is 132 cm³/mol. The smallest absolute Gasteiger partial charge is 0.410 e. The van der Waals surface area contributed by atoms with Crippen molar-refractivity contribution < 1.29 is 18.7 Å². The van der Waals surface area contributed by atoms with Gasteiger partial charge in [0.15, 0.2) is 0 Å². The summed E-state index contributed by atoms with van der Waals surface area (Å²) in [4.78, 5) is 30.5. The monoisotopic (exact) mass is 483 g/mol. The standard InChI is InChI=1S/C24H30FN7O3/c1-24(2,3)35-23(34)32-9-5-16(6-10-32)30-14-15-11-20(18(25)12-19(15)27)31-22(33)17(13-26)21-28-7-4-8-29-21/h4,7-8,11-14,16,26-28,30H,5-6,9-10H2,1-3H3,(H,31,33)/b15-14-,21-17-,26-13?,27-19?. The van der Waals surface area contributed by atoms with E-state index in [1.54, 1.807) is 23.4 Å². The fourth-order valence-electron chi connectivity index (χ4n) is 3.47. The Kier molecular flexibility index (Phi) is 8.00. The molecular formula is C24H30FN7O3. The molecule has 1 fully saturated rings. The summed E-state index contributed by atoms with van der Waals surface area (Å²) in [6, 6.07) is 0.0636.